The quantitative estimate of drug-likeness (QED) is 0.440. The maximum atomic E-state index is 12.6. The van der Waals surface area contributed by atoms with Crippen LogP contribution in [-0.2, 0) is 0 Å². The number of rotatable bonds is 4. The molecule has 0 fully saturated rings. The Morgan fingerprint density at radius 3 is 2.96 bits per heavy atom. The summed E-state index contributed by atoms with van der Waals surface area (Å²) in [6.45, 7) is 2.74. The molecule has 1 aliphatic rings. The van der Waals surface area contributed by atoms with Gasteiger partial charge >= 0.3 is 0 Å². The fourth-order valence-electron chi connectivity index (χ4n) is 3.51. The van der Waals surface area contributed by atoms with Crippen molar-refractivity contribution in [2.45, 2.75) is 39.0 Å². The number of aryl methyl sites for hydroxylation is 1. The number of carbonyl (C=O) groups is 1. The molecule has 1 amide bonds. The van der Waals surface area contributed by atoms with Crippen LogP contribution in [-0.4, -0.2) is 17.4 Å². The lowest BCUT2D eigenvalue weighted by Crippen LogP contribution is -2.24. The third-order valence-electron chi connectivity index (χ3n) is 4.91. The Morgan fingerprint density at radius 1 is 1.27 bits per heavy atom. The van der Waals surface area contributed by atoms with E-state index in [1.54, 1.807) is 0 Å². The number of nitrogens with zero attached hydrogens (tertiary/aromatic N) is 1. The zero-order valence-electron chi connectivity index (χ0n) is 14.8. The highest BCUT2D eigenvalue weighted by molar-refractivity contribution is 7.21. The Kier molecular flexibility index (Phi) is 4.96. The summed E-state index contributed by atoms with van der Waals surface area (Å²) in [5, 5.41) is 5.42. The molecule has 0 atom stereocenters. The largest absolute Gasteiger partial charge is 0.351 e. The molecule has 4 rings (SSSR count). The summed E-state index contributed by atoms with van der Waals surface area (Å²) in [6, 6.07) is 7.98. The number of hydrogen-bond acceptors (Lipinski definition) is 3. The molecule has 0 radical (unpaired) electrons. The van der Waals surface area contributed by atoms with Crippen LogP contribution in [0, 0.1) is 6.92 Å². The summed E-state index contributed by atoms with van der Waals surface area (Å²) in [7, 11) is 0. The number of pyridine rings is 1. The lowest BCUT2D eigenvalue weighted by Gasteiger charge is -2.12. The van der Waals surface area contributed by atoms with E-state index >= 15 is 0 Å². The monoisotopic (exact) mass is 384 g/mol. The van der Waals surface area contributed by atoms with E-state index in [2.05, 4.69) is 29.4 Å². The lowest BCUT2D eigenvalue weighted by molar-refractivity contribution is 0.0958. The van der Waals surface area contributed by atoms with Crippen LogP contribution in [0.15, 0.2) is 35.9 Å². The molecule has 3 nitrogen and oxygen atoms in total. The molecular weight excluding hydrogens is 364 g/mol. The first kappa shape index (κ1) is 17.5. The van der Waals surface area contributed by atoms with Gasteiger partial charge in [-0.05, 0) is 57.2 Å². The molecule has 5 heteroatoms. The second-order valence-corrected chi connectivity index (χ2v) is 8.30. The van der Waals surface area contributed by atoms with Crippen LogP contribution in [0.1, 0.15) is 47.3 Å². The molecule has 0 aliphatic heterocycles. The van der Waals surface area contributed by atoms with E-state index in [0.717, 1.165) is 27.4 Å². The number of aromatic nitrogens is 1. The number of amides is 1. The Hall–Kier alpha value is -1.91. The Morgan fingerprint density at radius 2 is 2.15 bits per heavy atom. The van der Waals surface area contributed by atoms with Crippen molar-refractivity contribution in [2.24, 2.45) is 0 Å². The van der Waals surface area contributed by atoms with Gasteiger partial charge in [0, 0.05) is 22.0 Å². The fraction of sp³-hybridized carbons (Fsp3) is 0.333. The molecule has 1 aromatic carbocycles. The van der Waals surface area contributed by atoms with Crippen LogP contribution in [0.3, 0.4) is 0 Å². The van der Waals surface area contributed by atoms with E-state index < -0.39 is 0 Å². The zero-order chi connectivity index (χ0) is 18.1. The van der Waals surface area contributed by atoms with Crippen molar-refractivity contribution < 1.29 is 4.79 Å². The maximum absolute atomic E-state index is 12.6. The van der Waals surface area contributed by atoms with Crippen molar-refractivity contribution in [3.63, 3.8) is 0 Å². The van der Waals surface area contributed by atoms with Gasteiger partial charge in [-0.25, -0.2) is 4.98 Å². The third-order valence-corrected chi connectivity index (χ3v) is 6.37. The number of allylic oxidation sites excluding steroid dienone is 1. The van der Waals surface area contributed by atoms with Gasteiger partial charge < -0.3 is 5.32 Å². The fourth-order valence-corrected chi connectivity index (χ4v) is 4.90. The minimum Gasteiger partial charge on any atom is -0.351 e. The highest BCUT2D eigenvalue weighted by Gasteiger charge is 2.15. The SMILES string of the molecule is Cc1ccc2nc(Cl)c3cc(C(=O)NCCC4=CCCCC4)sc3c2c1. The topological polar surface area (TPSA) is 42.0 Å². The van der Waals surface area contributed by atoms with Crippen LogP contribution in [0.25, 0.3) is 21.0 Å². The summed E-state index contributed by atoms with van der Waals surface area (Å²) in [5.74, 6) is -0.0283. The summed E-state index contributed by atoms with van der Waals surface area (Å²) < 4.78 is 1.03. The number of carbonyl (C=O) groups excluding carboxylic acids is 1. The molecule has 0 saturated carbocycles. The van der Waals surface area contributed by atoms with Gasteiger partial charge in [-0.15, -0.1) is 11.3 Å². The van der Waals surface area contributed by atoms with E-state index in [0.29, 0.717) is 16.6 Å². The molecular formula is C21H21ClN2OS. The van der Waals surface area contributed by atoms with Crippen LogP contribution in [0.2, 0.25) is 5.15 Å². The van der Waals surface area contributed by atoms with Gasteiger partial charge in [-0.1, -0.05) is 34.9 Å². The second kappa shape index (κ2) is 7.37. The highest BCUT2D eigenvalue weighted by atomic mass is 35.5. The average Bonchev–Trinajstić information content (AvgIpc) is 3.10. The van der Waals surface area contributed by atoms with Crippen molar-refractivity contribution in [1.29, 1.82) is 0 Å². The van der Waals surface area contributed by atoms with Gasteiger partial charge in [0.15, 0.2) is 0 Å². The van der Waals surface area contributed by atoms with Gasteiger partial charge in [0.05, 0.1) is 10.4 Å². The van der Waals surface area contributed by atoms with Crippen LogP contribution < -0.4 is 5.32 Å². The smallest absolute Gasteiger partial charge is 0.261 e. The molecule has 1 aliphatic carbocycles. The van der Waals surface area contributed by atoms with Gasteiger partial charge in [0.25, 0.3) is 5.91 Å². The number of halogens is 1. The first-order valence-corrected chi connectivity index (χ1v) is 10.3. The van der Waals surface area contributed by atoms with Crippen molar-refractivity contribution in [3.8, 4) is 0 Å². The zero-order valence-corrected chi connectivity index (χ0v) is 16.3. The first-order valence-electron chi connectivity index (χ1n) is 9.07. The second-order valence-electron chi connectivity index (χ2n) is 6.89. The number of fused-ring (bicyclic) bond motifs is 3. The number of benzene rings is 1. The van der Waals surface area contributed by atoms with E-state index in [1.807, 2.05) is 18.2 Å². The minimum absolute atomic E-state index is 0.0283. The molecule has 0 unspecified atom stereocenters. The molecule has 2 aromatic heterocycles. The molecule has 2 heterocycles. The van der Waals surface area contributed by atoms with Crippen molar-refractivity contribution in [1.82, 2.24) is 10.3 Å². The molecule has 0 spiro atoms. The van der Waals surface area contributed by atoms with E-state index in [9.17, 15) is 4.79 Å². The van der Waals surface area contributed by atoms with Crippen molar-refractivity contribution in [2.75, 3.05) is 6.54 Å². The van der Waals surface area contributed by atoms with Crippen LogP contribution >= 0.6 is 22.9 Å². The normalized spacial score (nSPS) is 14.6. The van der Waals surface area contributed by atoms with Crippen LogP contribution in [0.4, 0.5) is 0 Å². The molecule has 0 bridgehead atoms. The molecule has 134 valence electrons. The van der Waals surface area contributed by atoms with E-state index in [-0.39, 0.29) is 5.91 Å². The van der Waals surface area contributed by atoms with Crippen molar-refractivity contribution >= 4 is 49.8 Å². The predicted octanol–water partition coefficient (Wildman–Crippen LogP) is 6.03. The van der Waals surface area contributed by atoms with Gasteiger partial charge in [0.2, 0.25) is 0 Å². The summed E-state index contributed by atoms with van der Waals surface area (Å²) in [6.07, 6.45) is 8.19. The van der Waals surface area contributed by atoms with Gasteiger partial charge in [-0.2, -0.15) is 0 Å². The summed E-state index contributed by atoms with van der Waals surface area (Å²) in [4.78, 5) is 17.8. The van der Waals surface area contributed by atoms with Gasteiger partial charge in [-0.3, -0.25) is 4.79 Å². The van der Waals surface area contributed by atoms with Gasteiger partial charge in [0.1, 0.15) is 5.15 Å². The summed E-state index contributed by atoms with van der Waals surface area (Å²) >= 11 is 7.85. The number of hydrogen-bond donors (Lipinski definition) is 1. The highest BCUT2D eigenvalue weighted by Crippen LogP contribution is 2.36. The molecule has 26 heavy (non-hydrogen) atoms. The summed E-state index contributed by atoms with van der Waals surface area (Å²) in [5.41, 5.74) is 3.51. The first-order chi connectivity index (χ1) is 12.6. The average molecular weight is 385 g/mol. The third kappa shape index (κ3) is 3.49. The molecule has 1 N–H and O–H groups in total. The Balaban J connectivity index is 1.57. The Bertz CT molecular complexity index is 1020. The van der Waals surface area contributed by atoms with Crippen molar-refractivity contribution in [3.05, 3.63) is 51.5 Å². The maximum Gasteiger partial charge on any atom is 0.261 e. The van der Waals surface area contributed by atoms with E-state index in [4.69, 9.17) is 11.6 Å². The minimum atomic E-state index is -0.0283. The molecule has 3 aromatic rings. The molecule has 0 saturated heterocycles. The van der Waals surface area contributed by atoms with E-state index in [1.165, 1.54) is 48.2 Å². The van der Waals surface area contributed by atoms with Crippen LogP contribution in [0.5, 0.6) is 0 Å². The number of nitrogens with one attached hydrogen (secondary N) is 1. The standard InChI is InChI=1S/C21H21ClN2OS/c1-13-7-8-17-15(11-13)19-16(20(22)24-17)12-18(26-19)21(25)23-10-9-14-5-3-2-4-6-14/h5,7-8,11-12H,2-4,6,9-10H2,1H3,(H,23,25). The number of thiophene rings is 1. The Labute approximate surface area is 162 Å². The lowest BCUT2D eigenvalue weighted by atomic mass is 9.97. The predicted molar refractivity (Wildman–Crippen MR) is 110 cm³/mol.